The average molecular weight is 460 g/mol. The average Bonchev–Trinajstić information content (AvgIpc) is 3.29. The summed E-state index contributed by atoms with van der Waals surface area (Å²) in [7, 11) is 1.59. The van der Waals surface area contributed by atoms with Gasteiger partial charge in [0.25, 0.3) is 5.91 Å². The highest BCUT2D eigenvalue weighted by molar-refractivity contribution is 7.23. The fourth-order valence-corrected chi connectivity index (χ4v) is 4.93. The van der Waals surface area contributed by atoms with Gasteiger partial charge in [-0.05, 0) is 40.6 Å². The van der Waals surface area contributed by atoms with E-state index < -0.39 is 0 Å². The van der Waals surface area contributed by atoms with E-state index >= 15 is 0 Å². The van der Waals surface area contributed by atoms with Crippen molar-refractivity contribution in [2.45, 2.75) is 6.54 Å². The number of rotatable bonds is 5. The van der Waals surface area contributed by atoms with Gasteiger partial charge in [0.05, 0.1) is 23.4 Å². The highest BCUT2D eigenvalue weighted by atomic mass is 35.5. The first-order chi connectivity index (χ1) is 15.7. The number of carbonyl (C=O) groups excluding carboxylic acids is 1. The maximum atomic E-state index is 13.9. The molecule has 5 aromatic rings. The predicted octanol–water partition coefficient (Wildman–Crippen LogP) is 6.35. The summed E-state index contributed by atoms with van der Waals surface area (Å²) >= 11 is 7.81. The van der Waals surface area contributed by atoms with Crippen LogP contribution in [0.1, 0.15) is 15.9 Å². The molecule has 5 nitrogen and oxygen atoms in total. The van der Waals surface area contributed by atoms with Gasteiger partial charge >= 0.3 is 0 Å². The number of hydrogen-bond donors (Lipinski definition) is 0. The molecule has 0 atom stereocenters. The van der Waals surface area contributed by atoms with Crippen LogP contribution in [0.25, 0.3) is 21.0 Å². The van der Waals surface area contributed by atoms with E-state index in [9.17, 15) is 4.79 Å². The van der Waals surface area contributed by atoms with Gasteiger partial charge in [-0.1, -0.05) is 65.4 Å². The van der Waals surface area contributed by atoms with E-state index in [2.05, 4.69) is 4.98 Å². The summed E-state index contributed by atoms with van der Waals surface area (Å²) in [6.45, 7) is 0.329. The second-order valence-corrected chi connectivity index (χ2v) is 8.59. The van der Waals surface area contributed by atoms with Gasteiger partial charge in [-0.15, -0.1) is 0 Å². The molecule has 0 fully saturated rings. The van der Waals surface area contributed by atoms with Crippen molar-refractivity contribution in [2.75, 3.05) is 12.0 Å². The number of fused-ring (bicyclic) bond motifs is 2. The molecule has 0 saturated heterocycles. The molecule has 0 unspecified atom stereocenters. The van der Waals surface area contributed by atoms with Crippen LogP contribution in [0.2, 0.25) is 5.02 Å². The second-order valence-electron chi connectivity index (χ2n) is 7.20. The van der Waals surface area contributed by atoms with Crippen LogP contribution in [0.3, 0.4) is 0 Å². The van der Waals surface area contributed by atoms with Gasteiger partial charge in [0.1, 0.15) is 11.3 Å². The van der Waals surface area contributed by atoms with Gasteiger partial charge in [-0.3, -0.25) is 14.7 Å². The van der Waals surface area contributed by atoms with Crippen LogP contribution in [-0.2, 0) is 6.54 Å². The molecule has 2 aromatic heterocycles. The molecule has 0 aliphatic rings. The molecule has 32 heavy (non-hydrogen) atoms. The second kappa shape index (κ2) is 8.57. The Kier molecular flexibility index (Phi) is 5.47. The van der Waals surface area contributed by atoms with Crippen LogP contribution in [0.15, 0.2) is 79.1 Å². The van der Waals surface area contributed by atoms with Crippen molar-refractivity contribution in [3.8, 4) is 5.75 Å². The first-order valence-electron chi connectivity index (χ1n) is 9.97. The van der Waals surface area contributed by atoms with Gasteiger partial charge in [0, 0.05) is 18.0 Å². The van der Waals surface area contributed by atoms with E-state index in [0.717, 1.165) is 21.0 Å². The van der Waals surface area contributed by atoms with E-state index in [1.54, 1.807) is 36.5 Å². The lowest BCUT2D eigenvalue weighted by molar-refractivity contribution is 0.0986. The van der Waals surface area contributed by atoms with Crippen LogP contribution >= 0.6 is 22.9 Å². The monoisotopic (exact) mass is 459 g/mol. The van der Waals surface area contributed by atoms with Crippen molar-refractivity contribution < 1.29 is 9.53 Å². The maximum absolute atomic E-state index is 13.9. The zero-order valence-corrected chi connectivity index (χ0v) is 18.7. The topological polar surface area (TPSA) is 55.3 Å². The summed E-state index contributed by atoms with van der Waals surface area (Å²) < 4.78 is 6.25. The lowest BCUT2D eigenvalue weighted by Gasteiger charge is -2.21. The summed E-state index contributed by atoms with van der Waals surface area (Å²) in [5, 5.41) is 3.03. The van der Waals surface area contributed by atoms with Crippen molar-refractivity contribution in [3.63, 3.8) is 0 Å². The summed E-state index contributed by atoms with van der Waals surface area (Å²) in [5.41, 5.74) is 2.16. The molecule has 0 aliphatic heterocycles. The Morgan fingerprint density at radius 2 is 1.91 bits per heavy atom. The lowest BCUT2D eigenvalue weighted by atomic mass is 10.0. The molecule has 0 bridgehead atoms. The first-order valence-corrected chi connectivity index (χ1v) is 11.2. The van der Waals surface area contributed by atoms with Crippen LogP contribution in [0.4, 0.5) is 5.13 Å². The zero-order valence-electron chi connectivity index (χ0n) is 17.2. The molecular weight excluding hydrogens is 442 g/mol. The Hall–Kier alpha value is -3.48. The molecule has 0 N–H and O–H groups in total. The molecule has 7 heteroatoms. The smallest absolute Gasteiger partial charge is 0.261 e. The lowest BCUT2D eigenvalue weighted by Crippen LogP contribution is -2.30. The molecule has 1 amide bonds. The fourth-order valence-electron chi connectivity index (χ4n) is 3.68. The van der Waals surface area contributed by atoms with Gasteiger partial charge in [0.15, 0.2) is 5.13 Å². The fraction of sp³-hybridized carbons (Fsp3) is 0.0800. The number of nitrogens with zero attached hydrogens (tertiary/aromatic N) is 3. The molecular formula is C25H18ClN3O2S. The Balaban J connectivity index is 1.67. The Morgan fingerprint density at radius 3 is 2.72 bits per heavy atom. The molecule has 5 rings (SSSR count). The number of methoxy groups -OCH3 is 1. The Labute approximate surface area is 193 Å². The van der Waals surface area contributed by atoms with Gasteiger partial charge < -0.3 is 4.74 Å². The Morgan fingerprint density at radius 1 is 1.06 bits per heavy atom. The van der Waals surface area contributed by atoms with Gasteiger partial charge in [-0.25, -0.2) is 4.98 Å². The first kappa shape index (κ1) is 20.4. The third-order valence-electron chi connectivity index (χ3n) is 5.23. The van der Waals surface area contributed by atoms with Crippen LogP contribution < -0.4 is 9.64 Å². The van der Waals surface area contributed by atoms with Crippen molar-refractivity contribution in [3.05, 3.63) is 95.3 Å². The van der Waals surface area contributed by atoms with Crippen LogP contribution in [0.5, 0.6) is 5.75 Å². The third kappa shape index (κ3) is 3.68. The number of halogens is 1. The minimum atomic E-state index is -0.139. The Bertz CT molecular complexity index is 1430. The minimum absolute atomic E-state index is 0.139. The minimum Gasteiger partial charge on any atom is -0.494 e. The van der Waals surface area contributed by atoms with Crippen LogP contribution in [0, 0.1) is 0 Å². The number of amides is 1. The van der Waals surface area contributed by atoms with E-state index in [-0.39, 0.29) is 5.91 Å². The molecule has 2 heterocycles. The number of hydrogen-bond acceptors (Lipinski definition) is 5. The van der Waals surface area contributed by atoms with E-state index in [1.807, 2.05) is 54.6 Å². The van der Waals surface area contributed by atoms with E-state index in [4.69, 9.17) is 21.3 Å². The summed E-state index contributed by atoms with van der Waals surface area (Å²) in [5.74, 6) is 0.477. The highest BCUT2D eigenvalue weighted by Crippen LogP contribution is 2.39. The maximum Gasteiger partial charge on any atom is 0.261 e. The van der Waals surface area contributed by atoms with E-state index in [1.165, 1.54) is 11.3 Å². The predicted molar refractivity (Wildman–Crippen MR) is 130 cm³/mol. The number of anilines is 1. The number of thiazole rings is 1. The van der Waals surface area contributed by atoms with Crippen molar-refractivity contribution in [1.29, 1.82) is 0 Å². The quantitative estimate of drug-likeness (QED) is 0.307. The molecule has 3 aromatic carbocycles. The largest absolute Gasteiger partial charge is 0.494 e. The SMILES string of the molecule is COc1ccc(Cl)c2sc(N(Cc3cccnc3)C(=O)c3cccc4ccccc34)nc12. The summed E-state index contributed by atoms with van der Waals surface area (Å²) in [6, 6.07) is 21.0. The van der Waals surface area contributed by atoms with Gasteiger partial charge in [0.2, 0.25) is 0 Å². The van der Waals surface area contributed by atoms with Gasteiger partial charge in [-0.2, -0.15) is 0 Å². The standard InChI is InChI=1S/C25H18ClN3O2S/c1-31-21-12-11-20(26)23-22(21)28-25(32-23)29(15-16-6-5-13-27-14-16)24(30)19-10-4-8-17-7-2-3-9-18(17)19/h2-14H,15H2,1H3. The number of carbonyl (C=O) groups is 1. The number of ether oxygens (including phenoxy) is 1. The summed E-state index contributed by atoms with van der Waals surface area (Å²) in [4.78, 5) is 24.5. The molecule has 0 radical (unpaired) electrons. The molecule has 0 spiro atoms. The molecule has 158 valence electrons. The number of benzene rings is 3. The number of aromatic nitrogens is 2. The zero-order chi connectivity index (χ0) is 22.1. The van der Waals surface area contributed by atoms with Crippen molar-refractivity contribution in [1.82, 2.24) is 9.97 Å². The highest BCUT2D eigenvalue weighted by Gasteiger charge is 2.24. The molecule has 0 aliphatic carbocycles. The van der Waals surface area contributed by atoms with Crippen molar-refractivity contribution >= 4 is 55.0 Å². The van der Waals surface area contributed by atoms with E-state index in [0.29, 0.717) is 33.5 Å². The summed E-state index contributed by atoms with van der Waals surface area (Å²) in [6.07, 6.45) is 3.47. The normalized spacial score (nSPS) is 11.1. The third-order valence-corrected chi connectivity index (χ3v) is 6.77. The molecule has 0 saturated carbocycles. The van der Waals surface area contributed by atoms with Crippen LogP contribution in [-0.4, -0.2) is 23.0 Å². The number of pyridine rings is 1. The van der Waals surface area contributed by atoms with Crippen molar-refractivity contribution in [2.24, 2.45) is 0 Å².